The Morgan fingerprint density at radius 3 is 1.62 bits per heavy atom. The molecule has 0 aliphatic carbocycles. The Hall–Kier alpha value is -0.710. The van der Waals surface area contributed by atoms with E-state index in [0.29, 0.717) is 0 Å². The summed E-state index contributed by atoms with van der Waals surface area (Å²) in [6.45, 7) is 8.71. The molecule has 21 heavy (non-hydrogen) atoms. The van der Waals surface area contributed by atoms with Crippen LogP contribution in [0.25, 0.3) is 0 Å². The molecule has 0 aromatic rings. The number of aliphatic hydroxyl groups excluding tert-OH is 1. The molecule has 124 valence electrons. The fourth-order valence-electron chi connectivity index (χ4n) is 1.49. The monoisotopic (exact) mass is 320 g/mol. The molecule has 0 saturated carbocycles. The largest absolute Gasteiger partial charge is 0.466 e. The van der Waals surface area contributed by atoms with Gasteiger partial charge < -0.3 is 19.8 Å². The van der Waals surface area contributed by atoms with E-state index in [0.717, 1.165) is 25.7 Å². The van der Waals surface area contributed by atoms with Crippen LogP contribution in [0.15, 0.2) is 34.9 Å². The van der Waals surface area contributed by atoms with Gasteiger partial charge in [0.15, 0.2) is 0 Å². The molecule has 0 radical (unpaired) electrons. The zero-order valence-electron chi connectivity index (χ0n) is 13.4. The Morgan fingerprint density at radius 2 is 1.24 bits per heavy atom. The molecule has 4 N–H and O–H groups in total. The summed E-state index contributed by atoms with van der Waals surface area (Å²) in [5.41, 5.74) is 4.14. The van der Waals surface area contributed by atoms with Crippen LogP contribution >= 0.6 is 7.82 Å². The van der Waals surface area contributed by atoms with Gasteiger partial charge in [-0.2, -0.15) is 0 Å². The van der Waals surface area contributed by atoms with Crippen LogP contribution in [0.1, 0.15) is 53.4 Å². The maximum absolute atomic E-state index is 8.88. The summed E-state index contributed by atoms with van der Waals surface area (Å²) >= 11 is 0. The first-order valence-electron chi connectivity index (χ1n) is 6.90. The highest BCUT2D eigenvalue weighted by Gasteiger charge is 2.00. The van der Waals surface area contributed by atoms with Crippen molar-refractivity contribution in [3.63, 3.8) is 0 Å². The highest BCUT2D eigenvalue weighted by Crippen LogP contribution is 2.25. The molecule has 0 atom stereocenters. The highest BCUT2D eigenvalue weighted by atomic mass is 31.2. The lowest BCUT2D eigenvalue weighted by atomic mass is 10.1. The van der Waals surface area contributed by atoms with Crippen molar-refractivity contribution < 1.29 is 24.4 Å². The minimum Gasteiger partial charge on any atom is -0.392 e. The minimum atomic E-state index is -4.64. The van der Waals surface area contributed by atoms with Crippen molar-refractivity contribution in [2.24, 2.45) is 0 Å². The van der Waals surface area contributed by atoms with Crippen LogP contribution in [0.4, 0.5) is 0 Å². The van der Waals surface area contributed by atoms with Gasteiger partial charge in [-0.05, 0) is 53.4 Å². The number of aliphatic hydroxyl groups is 1. The highest BCUT2D eigenvalue weighted by molar-refractivity contribution is 7.45. The van der Waals surface area contributed by atoms with Gasteiger partial charge in [0.2, 0.25) is 0 Å². The van der Waals surface area contributed by atoms with Crippen LogP contribution in [0, 0.1) is 0 Å². The Bertz CT molecular complexity index is 392. The lowest BCUT2D eigenvalue weighted by molar-refractivity contribution is 0.275. The number of hydrogen-bond donors (Lipinski definition) is 4. The summed E-state index contributed by atoms with van der Waals surface area (Å²) in [6.07, 6.45) is 10.9. The lowest BCUT2D eigenvalue weighted by Gasteiger charge is -2.00. The number of rotatable bonds is 7. The molecule has 0 amide bonds. The summed E-state index contributed by atoms with van der Waals surface area (Å²) in [5.74, 6) is 0. The molecule has 0 bridgehead atoms. The SMILES string of the molecule is CC(C)=CCCC(C)=CCCC(C)=CCO.O=P(O)(O)O. The quantitative estimate of drug-likeness (QED) is 0.425. The predicted molar refractivity (Wildman–Crippen MR) is 86.8 cm³/mol. The zero-order chi connectivity index (χ0) is 16.9. The van der Waals surface area contributed by atoms with Crippen molar-refractivity contribution in [2.45, 2.75) is 53.4 Å². The predicted octanol–water partition coefficient (Wildman–Crippen LogP) is 3.47. The molecule has 0 aromatic carbocycles. The third-order valence-electron chi connectivity index (χ3n) is 2.56. The summed E-state index contributed by atoms with van der Waals surface area (Å²) in [6, 6.07) is 0. The third kappa shape index (κ3) is 28.2. The molecule has 0 aliphatic heterocycles. The Labute approximate surface area is 128 Å². The lowest BCUT2D eigenvalue weighted by Crippen LogP contribution is -1.82. The average molecular weight is 320 g/mol. The van der Waals surface area contributed by atoms with E-state index in [4.69, 9.17) is 24.4 Å². The van der Waals surface area contributed by atoms with E-state index in [-0.39, 0.29) is 6.61 Å². The fraction of sp³-hybridized carbons (Fsp3) is 0.600. The maximum Gasteiger partial charge on any atom is 0.466 e. The van der Waals surface area contributed by atoms with Gasteiger partial charge in [-0.1, -0.05) is 34.9 Å². The molecule has 0 aliphatic rings. The van der Waals surface area contributed by atoms with E-state index in [1.165, 1.54) is 16.7 Å². The fourth-order valence-corrected chi connectivity index (χ4v) is 1.49. The topological polar surface area (TPSA) is 98.0 Å². The van der Waals surface area contributed by atoms with Crippen LogP contribution in [0.2, 0.25) is 0 Å². The van der Waals surface area contributed by atoms with Gasteiger partial charge in [-0.15, -0.1) is 0 Å². The Kier molecular flexibility index (Phi) is 14.0. The molecular weight excluding hydrogens is 291 g/mol. The van der Waals surface area contributed by atoms with Crippen LogP contribution in [0.3, 0.4) is 0 Å². The van der Waals surface area contributed by atoms with Crippen LogP contribution in [0.5, 0.6) is 0 Å². The molecule has 0 aromatic heterocycles. The second-order valence-electron chi connectivity index (χ2n) is 5.16. The second kappa shape index (κ2) is 13.0. The zero-order valence-corrected chi connectivity index (χ0v) is 14.3. The molecule has 0 unspecified atom stereocenters. The van der Waals surface area contributed by atoms with Crippen LogP contribution < -0.4 is 0 Å². The van der Waals surface area contributed by atoms with Gasteiger partial charge in [0.25, 0.3) is 0 Å². The van der Waals surface area contributed by atoms with E-state index in [1.54, 1.807) is 0 Å². The molecule has 6 heteroatoms. The first kappa shape index (κ1) is 22.6. The minimum absolute atomic E-state index is 0.162. The van der Waals surface area contributed by atoms with Crippen molar-refractivity contribution in [3.05, 3.63) is 34.9 Å². The standard InChI is InChI=1S/C15H26O.H3O4P/c1-13(2)7-5-8-14(3)9-6-10-15(4)11-12-16;1-5(2,3)4/h7,9,11,16H,5-6,8,10,12H2,1-4H3;(H3,1,2,3,4). The van der Waals surface area contributed by atoms with Gasteiger partial charge in [0.1, 0.15) is 0 Å². The summed E-state index contributed by atoms with van der Waals surface area (Å²) < 4.78 is 8.88. The molecule has 0 spiro atoms. The molecule has 0 heterocycles. The molecular formula is C15H29O5P. The summed E-state index contributed by atoms with van der Waals surface area (Å²) in [7, 11) is -4.64. The van der Waals surface area contributed by atoms with Crippen molar-refractivity contribution in [3.8, 4) is 0 Å². The van der Waals surface area contributed by atoms with E-state index in [9.17, 15) is 0 Å². The van der Waals surface area contributed by atoms with Gasteiger partial charge in [-0.25, -0.2) is 4.57 Å². The van der Waals surface area contributed by atoms with Gasteiger partial charge in [0, 0.05) is 0 Å². The maximum atomic E-state index is 8.88. The average Bonchev–Trinajstić information content (AvgIpc) is 2.26. The second-order valence-corrected chi connectivity index (χ2v) is 6.18. The number of hydrogen-bond acceptors (Lipinski definition) is 2. The van der Waals surface area contributed by atoms with Gasteiger partial charge in [0.05, 0.1) is 6.61 Å². The van der Waals surface area contributed by atoms with Gasteiger partial charge in [-0.3, -0.25) is 0 Å². The van der Waals surface area contributed by atoms with Crippen molar-refractivity contribution in [1.29, 1.82) is 0 Å². The number of allylic oxidation sites excluding steroid dienone is 5. The first-order chi connectivity index (χ1) is 9.56. The van der Waals surface area contributed by atoms with Crippen LogP contribution in [-0.2, 0) is 4.57 Å². The Balaban J connectivity index is 0. The third-order valence-corrected chi connectivity index (χ3v) is 2.56. The van der Waals surface area contributed by atoms with Crippen molar-refractivity contribution >= 4 is 7.82 Å². The van der Waals surface area contributed by atoms with Crippen molar-refractivity contribution in [2.75, 3.05) is 6.61 Å². The molecule has 5 nitrogen and oxygen atoms in total. The van der Waals surface area contributed by atoms with Crippen molar-refractivity contribution in [1.82, 2.24) is 0 Å². The van der Waals surface area contributed by atoms with E-state index in [2.05, 4.69) is 39.8 Å². The van der Waals surface area contributed by atoms with Crippen LogP contribution in [-0.4, -0.2) is 26.4 Å². The summed E-state index contributed by atoms with van der Waals surface area (Å²) in [5, 5.41) is 8.72. The molecule has 0 fully saturated rings. The van der Waals surface area contributed by atoms with E-state index in [1.807, 2.05) is 6.08 Å². The van der Waals surface area contributed by atoms with E-state index >= 15 is 0 Å². The normalized spacial score (nSPS) is 12.6. The summed E-state index contributed by atoms with van der Waals surface area (Å²) in [4.78, 5) is 21.6. The molecule has 0 saturated heterocycles. The smallest absolute Gasteiger partial charge is 0.392 e. The number of phosphoric acid groups is 1. The van der Waals surface area contributed by atoms with Gasteiger partial charge >= 0.3 is 7.82 Å². The molecule has 0 rings (SSSR count). The first-order valence-corrected chi connectivity index (χ1v) is 8.46. The van der Waals surface area contributed by atoms with E-state index < -0.39 is 7.82 Å². The Morgan fingerprint density at radius 1 is 0.857 bits per heavy atom.